The average Bonchev–Trinajstić information content (AvgIpc) is 2.55. The van der Waals surface area contributed by atoms with E-state index in [9.17, 15) is 0 Å². The number of aromatic nitrogens is 3. The van der Waals surface area contributed by atoms with E-state index >= 15 is 0 Å². The second-order valence-corrected chi connectivity index (χ2v) is 6.05. The Morgan fingerprint density at radius 3 is 2.62 bits per heavy atom. The Bertz CT molecular complexity index is 652. The van der Waals surface area contributed by atoms with Crippen LogP contribution in [-0.4, -0.2) is 59.5 Å². The summed E-state index contributed by atoms with van der Waals surface area (Å²) in [7, 11) is 0. The highest BCUT2D eigenvalue weighted by Crippen LogP contribution is 2.17. The molecular formula is C17H24N6O. The number of hydrogen-bond donors (Lipinski definition) is 2. The van der Waals surface area contributed by atoms with E-state index in [0.29, 0.717) is 5.95 Å². The first-order valence-electron chi connectivity index (χ1n) is 8.28. The van der Waals surface area contributed by atoms with Crippen LogP contribution in [0.5, 0.6) is 0 Å². The fourth-order valence-electron chi connectivity index (χ4n) is 2.78. The molecule has 1 aliphatic rings. The SMILES string of the molecule is Cc1cc(C)cc(Nc2nncc(NCCN3CCOCC3)n2)c1. The van der Waals surface area contributed by atoms with Crippen molar-refractivity contribution in [2.75, 3.05) is 50.0 Å². The molecule has 0 amide bonds. The van der Waals surface area contributed by atoms with Gasteiger partial charge in [0.25, 0.3) is 0 Å². The first-order chi connectivity index (χ1) is 11.7. The molecule has 0 radical (unpaired) electrons. The molecule has 128 valence electrons. The highest BCUT2D eigenvalue weighted by molar-refractivity contribution is 5.56. The molecule has 0 spiro atoms. The van der Waals surface area contributed by atoms with Crippen LogP contribution in [0.3, 0.4) is 0 Å². The Labute approximate surface area is 142 Å². The van der Waals surface area contributed by atoms with E-state index in [1.54, 1.807) is 6.20 Å². The lowest BCUT2D eigenvalue weighted by molar-refractivity contribution is 0.0398. The fourth-order valence-corrected chi connectivity index (χ4v) is 2.78. The first kappa shape index (κ1) is 16.6. The van der Waals surface area contributed by atoms with Crippen molar-refractivity contribution in [1.82, 2.24) is 20.1 Å². The molecule has 0 unspecified atom stereocenters. The van der Waals surface area contributed by atoms with Crippen molar-refractivity contribution < 1.29 is 4.74 Å². The van der Waals surface area contributed by atoms with E-state index in [4.69, 9.17) is 4.74 Å². The molecule has 2 heterocycles. The number of anilines is 3. The summed E-state index contributed by atoms with van der Waals surface area (Å²) in [5.74, 6) is 1.22. The van der Waals surface area contributed by atoms with Crippen LogP contribution in [0.1, 0.15) is 11.1 Å². The Hall–Kier alpha value is -2.25. The molecule has 2 aromatic rings. The standard InChI is InChI=1S/C17H24N6O/c1-13-9-14(2)11-15(10-13)20-17-21-16(12-19-22-17)18-3-4-23-5-7-24-8-6-23/h9-12H,3-8H2,1-2H3,(H2,18,20,21,22). The molecular weight excluding hydrogens is 304 g/mol. The van der Waals surface area contributed by atoms with Crippen molar-refractivity contribution in [3.8, 4) is 0 Å². The monoisotopic (exact) mass is 328 g/mol. The Morgan fingerprint density at radius 1 is 1.12 bits per heavy atom. The zero-order chi connectivity index (χ0) is 16.8. The molecule has 0 bridgehead atoms. The van der Waals surface area contributed by atoms with Crippen LogP contribution in [0.25, 0.3) is 0 Å². The van der Waals surface area contributed by atoms with Gasteiger partial charge in [-0.3, -0.25) is 4.90 Å². The Morgan fingerprint density at radius 2 is 1.88 bits per heavy atom. The molecule has 1 aromatic heterocycles. The molecule has 24 heavy (non-hydrogen) atoms. The molecule has 1 fully saturated rings. The van der Waals surface area contributed by atoms with E-state index in [1.807, 2.05) is 0 Å². The van der Waals surface area contributed by atoms with Crippen molar-refractivity contribution >= 4 is 17.5 Å². The van der Waals surface area contributed by atoms with E-state index in [1.165, 1.54) is 11.1 Å². The molecule has 7 nitrogen and oxygen atoms in total. The third kappa shape index (κ3) is 4.87. The molecule has 1 aliphatic heterocycles. The summed E-state index contributed by atoms with van der Waals surface area (Å²) in [5, 5.41) is 14.6. The topological polar surface area (TPSA) is 75.2 Å². The van der Waals surface area contributed by atoms with Crippen molar-refractivity contribution in [3.05, 3.63) is 35.5 Å². The normalized spacial score (nSPS) is 15.2. The molecule has 0 aliphatic carbocycles. The summed E-state index contributed by atoms with van der Waals surface area (Å²) in [5.41, 5.74) is 3.37. The van der Waals surface area contributed by atoms with Gasteiger partial charge in [-0.1, -0.05) is 6.07 Å². The molecule has 0 atom stereocenters. The van der Waals surface area contributed by atoms with Crippen LogP contribution in [0.2, 0.25) is 0 Å². The van der Waals surface area contributed by atoms with Crippen LogP contribution in [0, 0.1) is 13.8 Å². The zero-order valence-corrected chi connectivity index (χ0v) is 14.2. The summed E-state index contributed by atoms with van der Waals surface area (Å²) < 4.78 is 5.35. The highest BCUT2D eigenvalue weighted by Gasteiger charge is 2.09. The second-order valence-electron chi connectivity index (χ2n) is 6.05. The van der Waals surface area contributed by atoms with Gasteiger partial charge < -0.3 is 15.4 Å². The minimum Gasteiger partial charge on any atom is -0.379 e. The lowest BCUT2D eigenvalue weighted by Gasteiger charge is -2.26. The molecule has 7 heteroatoms. The largest absolute Gasteiger partial charge is 0.379 e. The summed E-state index contributed by atoms with van der Waals surface area (Å²) in [4.78, 5) is 6.85. The molecule has 1 aromatic carbocycles. The summed E-state index contributed by atoms with van der Waals surface area (Å²) in [6.45, 7) is 9.54. The zero-order valence-electron chi connectivity index (χ0n) is 14.2. The quantitative estimate of drug-likeness (QED) is 0.839. The van der Waals surface area contributed by atoms with E-state index in [2.05, 4.69) is 62.8 Å². The van der Waals surface area contributed by atoms with Gasteiger partial charge in [0.2, 0.25) is 5.95 Å². The van der Waals surface area contributed by atoms with Gasteiger partial charge in [0.1, 0.15) is 0 Å². The number of hydrogen-bond acceptors (Lipinski definition) is 7. The number of rotatable bonds is 6. The van der Waals surface area contributed by atoms with E-state index in [0.717, 1.165) is 50.9 Å². The van der Waals surface area contributed by atoms with Crippen LogP contribution >= 0.6 is 0 Å². The number of benzene rings is 1. The predicted molar refractivity (Wildman–Crippen MR) is 94.8 cm³/mol. The fraction of sp³-hybridized carbons (Fsp3) is 0.471. The van der Waals surface area contributed by atoms with Gasteiger partial charge in [-0.05, 0) is 37.1 Å². The average molecular weight is 328 g/mol. The highest BCUT2D eigenvalue weighted by atomic mass is 16.5. The maximum absolute atomic E-state index is 5.35. The number of morpholine rings is 1. The van der Waals surface area contributed by atoms with Crippen molar-refractivity contribution in [3.63, 3.8) is 0 Å². The predicted octanol–water partition coefficient (Wildman–Crippen LogP) is 1.98. The molecule has 0 saturated carbocycles. The minimum absolute atomic E-state index is 0.497. The van der Waals surface area contributed by atoms with Crippen molar-refractivity contribution in [1.29, 1.82) is 0 Å². The molecule has 1 saturated heterocycles. The second kappa shape index (κ2) is 8.03. The molecule has 3 rings (SSSR count). The summed E-state index contributed by atoms with van der Waals surface area (Å²) in [6, 6.07) is 6.26. The van der Waals surface area contributed by atoms with Gasteiger partial charge in [-0.15, -0.1) is 5.10 Å². The number of nitrogens with one attached hydrogen (secondary N) is 2. The first-order valence-corrected chi connectivity index (χ1v) is 8.28. The maximum atomic E-state index is 5.35. The lowest BCUT2D eigenvalue weighted by atomic mass is 10.1. The van der Waals surface area contributed by atoms with Crippen LogP contribution in [-0.2, 0) is 4.74 Å². The number of ether oxygens (including phenoxy) is 1. The van der Waals surface area contributed by atoms with Gasteiger partial charge in [0.15, 0.2) is 5.82 Å². The van der Waals surface area contributed by atoms with Crippen LogP contribution in [0.15, 0.2) is 24.4 Å². The van der Waals surface area contributed by atoms with Crippen LogP contribution < -0.4 is 10.6 Å². The van der Waals surface area contributed by atoms with Gasteiger partial charge in [0, 0.05) is 31.9 Å². The Balaban J connectivity index is 1.55. The molecule has 2 N–H and O–H groups in total. The number of aryl methyl sites for hydroxylation is 2. The van der Waals surface area contributed by atoms with Gasteiger partial charge in [0.05, 0.1) is 19.4 Å². The maximum Gasteiger partial charge on any atom is 0.249 e. The van der Waals surface area contributed by atoms with E-state index in [-0.39, 0.29) is 0 Å². The van der Waals surface area contributed by atoms with Crippen molar-refractivity contribution in [2.45, 2.75) is 13.8 Å². The number of nitrogens with zero attached hydrogens (tertiary/aromatic N) is 4. The minimum atomic E-state index is 0.497. The smallest absolute Gasteiger partial charge is 0.249 e. The van der Waals surface area contributed by atoms with Gasteiger partial charge in [-0.25, -0.2) is 0 Å². The van der Waals surface area contributed by atoms with Crippen molar-refractivity contribution in [2.24, 2.45) is 0 Å². The van der Waals surface area contributed by atoms with Gasteiger partial charge in [-0.2, -0.15) is 10.1 Å². The van der Waals surface area contributed by atoms with Gasteiger partial charge >= 0.3 is 0 Å². The summed E-state index contributed by atoms with van der Waals surface area (Å²) >= 11 is 0. The van der Waals surface area contributed by atoms with Crippen LogP contribution in [0.4, 0.5) is 17.5 Å². The summed E-state index contributed by atoms with van der Waals surface area (Å²) in [6.07, 6.45) is 1.64. The third-order valence-corrected chi connectivity index (χ3v) is 3.87. The Kier molecular flexibility index (Phi) is 5.55. The lowest BCUT2D eigenvalue weighted by Crippen LogP contribution is -2.39. The van der Waals surface area contributed by atoms with E-state index < -0.39 is 0 Å². The third-order valence-electron chi connectivity index (χ3n) is 3.87.